The monoisotopic (exact) mass is 323 g/mol. The fourth-order valence-electron chi connectivity index (χ4n) is 3.32. The Labute approximate surface area is 141 Å². The minimum atomic E-state index is -0.440. The second kappa shape index (κ2) is 6.97. The van der Waals surface area contributed by atoms with Gasteiger partial charge in [0.05, 0.1) is 0 Å². The summed E-state index contributed by atoms with van der Waals surface area (Å²) in [7, 11) is 0. The van der Waals surface area contributed by atoms with Gasteiger partial charge in [0.1, 0.15) is 12.4 Å². The van der Waals surface area contributed by atoms with Gasteiger partial charge < -0.3 is 10.5 Å². The molecule has 2 aromatic carbocycles. The van der Waals surface area contributed by atoms with Crippen molar-refractivity contribution in [3.63, 3.8) is 0 Å². The molecule has 0 amide bonds. The van der Waals surface area contributed by atoms with Gasteiger partial charge in [-0.2, -0.15) is 0 Å². The van der Waals surface area contributed by atoms with Crippen LogP contribution in [-0.2, 0) is 27.2 Å². The zero-order chi connectivity index (χ0) is 17.1. The van der Waals surface area contributed by atoms with Crippen LogP contribution in [0.3, 0.4) is 0 Å². The van der Waals surface area contributed by atoms with Gasteiger partial charge >= 0.3 is 0 Å². The molecule has 2 aromatic rings. The summed E-state index contributed by atoms with van der Waals surface area (Å²) >= 11 is 0. The van der Waals surface area contributed by atoms with E-state index in [1.807, 2.05) is 6.07 Å². The van der Waals surface area contributed by atoms with Gasteiger partial charge in [0.2, 0.25) is 0 Å². The number of nitrogens with two attached hydrogens (primary N) is 1. The average molecular weight is 323 g/mol. The van der Waals surface area contributed by atoms with Gasteiger partial charge in [-0.15, -0.1) is 0 Å². The van der Waals surface area contributed by atoms with Crippen molar-refractivity contribution in [2.45, 2.75) is 32.2 Å². The molecular formula is C20H21NO3. The van der Waals surface area contributed by atoms with Crippen LogP contribution in [0.25, 0.3) is 11.1 Å². The minimum absolute atomic E-state index is 0.0586. The molecule has 4 nitrogen and oxygen atoms in total. The summed E-state index contributed by atoms with van der Waals surface area (Å²) in [5.41, 5.74) is 13.2. The largest absolute Gasteiger partial charge is 0.466 e. The normalized spacial score (nSPS) is 13.1. The Bertz CT molecular complexity index is 782. The first-order valence-electron chi connectivity index (χ1n) is 8.11. The second-order valence-corrected chi connectivity index (χ2v) is 6.44. The van der Waals surface area contributed by atoms with E-state index in [1.54, 1.807) is 0 Å². The summed E-state index contributed by atoms with van der Waals surface area (Å²) in [4.78, 5) is 22.3. The molecule has 0 aliphatic heterocycles. The van der Waals surface area contributed by atoms with Gasteiger partial charge in [0.15, 0.2) is 0 Å². The lowest BCUT2D eigenvalue weighted by Crippen LogP contribution is -2.29. The molecule has 0 fully saturated rings. The summed E-state index contributed by atoms with van der Waals surface area (Å²) in [5.74, 6) is 0.0586. The molecule has 4 heteroatoms. The number of hydrogen-bond donors (Lipinski definition) is 1. The molecule has 1 aliphatic carbocycles. The number of rotatable bonds is 7. The van der Waals surface area contributed by atoms with Crippen molar-refractivity contribution in [2.75, 3.05) is 6.61 Å². The van der Waals surface area contributed by atoms with E-state index in [-0.39, 0.29) is 18.8 Å². The minimum Gasteiger partial charge on any atom is -0.466 e. The number of fused-ring (bicyclic) bond motifs is 3. The summed E-state index contributed by atoms with van der Waals surface area (Å²) in [5, 5.41) is 0. The number of carbonyl (C=O) groups excluding carboxylic acids is 2. The quantitative estimate of drug-likeness (QED) is 0.679. The molecule has 0 saturated carbocycles. The van der Waals surface area contributed by atoms with Gasteiger partial charge in [-0.1, -0.05) is 42.0 Å². The third-order valence-corrected chi connectivity index (χ3v) is 4.37. The molecule has 0 spiro atoms. The van der Waals surface area contributed by atoms with Crippen LogP contribution in [0.1, 0.15) is 28.7 Å². The van der Waals surface area contributed by atoms with E-state index in [0.29, 0.717) is 12.9 Å². The average Bonchev–Trinajstić information content (AvgIpc) is 2.89. The molecule has 0 bridgehead atoms. The lowest BCUT2D eigenvalue weighted by molar-refractivity contribution is -0.130. The molecule has 0 aromatic heterocycles. The Morgan fingerprint density at radius 1 is 1.21 bits per heavy atom. The van der Waals surface area contributed by atoms with Gasteiger partial charge in [-0.05, 0) is 41.2 Å². The smallest absolute Gasteiger partial charge is 0.293 e. The lowest BCUT2D eigenvalue weighted by Gasteiger charge is -2.10. The Balaban J connectivity index is 1.68. The first kappa shape index (κ1) is 16.4. The third-order valence-electron chi connectivity index (χ3n) is 4.37. The molecule has 0 radical (unpaired) electrons. The van der Waals surface area contributed by atoms with E-state index < -0.39 is 6.04 Å². The van der Waals surface area contributed by atoms with E-state index in [1.165, 1.54) is 27.8 Å². The van der Waals surface area contributed by atoms with Crippen molar-refractivity contribution in [2.24, 2.45) is 5.73 Å². The van der Waals surface area contributed by atoms with Crippen LogP contribution in [0.2, 0.25) is 0 Å². The third kappa shape index (κ3) is 3.54. The van der Waals surface area contributed by atoms with Gasteiger partial charge in [0, 0.05) is 18.9 Å². The second-order valence-electron chi connectivity index (χ2n) is 6.44. The molecule has 3 rings (SSSR count). The van der Waals surface area contributed by atoms with E-state index in [0.717, 1.165) is 12.0 Å². The maximum atomic E-state index is 12.1. The van der Waals surface area contributed by atoms with Gasteiger partial charge in [-0.25, -0.2) is 0 Å². The topological polar surface area (TPSA) is 69.4 Å². The highest BCUT2D eigenvalue weighted by Gasteiger charge is 2.19. The van der Waals surface area contributed by atoms with Gasteiger partial charge in [0.25, 0.3) is 6.47 Å². The first-order valence-corrected chi connectivity index (χ1v) is 8.11. The molecule has 0 heterocycles. The lowest BCUT2D eigenvalue weighted by atomic mass is 9.99. The van der Waals surface area contributed by atoms with Crippen LogP contribution >= 0.6 is 0 Å². The molecule has 0 saturated heterocycles. The summed E-state index contributed by atoms with van der Waals surface area (Å²) in [6.45, 7) is 2.53. The van der Waals surface area contributed by atoms with E-state index in [4.69, 9.17) is 5.73 Å². The summed E-state index contributed by atoms with van der Waals surface area (Å²) < 4.78 is 4.59. The fraction of sp³-hybridized carbons (Fsp3) is 0.300. The number of aryl methyl sites for hydroxylation is 1. The predicted octanol–water partition coefficient (Wildman–Crippen LogP) is 2.57. The highest BCUT2D eigenvalue weighted by Crippen LogP contribution is 2.37. The zero-order valence-corrected chi connectivity index (χ0v) is 13.7. The SMILES string of the molecule is Cc1ccc2c(c1)Cc1cc(CC(=O)C[C@H](N)COC=O)ccc1-2. The van der Waals surface area contributed by atoms with Crippen LogP contribution in [0.4, 0.5) is 0 Å². The highest BCUT2D eigenvalue weighted by molar-refractivity contribution is 5.83. The maximum Gasteiger partial charge on any atom is 0.293 e. The van der Waals surface area contributed by atoms with Crippen LogP contribution in [-0.4, -0.2) is 24.9 Å². The number of ether oxygens (including phenoxy) is 1. The molecule has 1 atom stereocenters. The number of hydrogen-bond acceptors (Lipinski definition) is 4. The Hall–Kier alpha value is -2.46. The Morgan fingerprint density at radius 3 is 2.67 bits per heavy atom. The number of Topliss-reactive ketones (excluding diaryl/α,β-unsaturated/α-hetero) is 1. The van der Waals surface area contributed by atoms with Crippen molar-refractivity contribution in [3.8, 4) is 11.1 Å². The van der Waals surface area contributed by atoms with Crippen LogP contribution in [0.15, 0.2) is 36.4 Å². The van der Waals surface area contributed by atoms with Crippen molar-refractivity contribution in [1.82, 2.24) is 0 Å². The predicted molar refractivity (Wildman–Crippen MR) is 92.7 cm³/mol. The van der Waals surface area contributed by atoms with Crippen molar-refractivity contribution < 1.29 is 14.3 Å². The van der Waals surface area contributed by atoms with Crippen LogP contribution in [0.5, 0.6) is 0 Å². The fourth-order valence-corrected chi connectivity index (χ4v) is 3.32. The van der Waals surface area contributed by atoms with Crippen LogP contribution < -0.4 is 5.73 Å². The van der Waals surface area contributed by atoms with Crippen LogP contribution in [0, 0.1) is 6.92 Å². The zero-order valence-electron chi connectivity index (χ0n) is 13.7. The van der Waals surface area contributed by atoms with E-state index >= 15 is 0 Å². The molecule has 1 aliphatic rings. The summed E-state index contributed by atoms with van der Waals surface area (Å²) in [6.07, 6.45) is 1.49. The molecule has 24 heavy (non-hydrogen) atoms. The maximum absolute atomic E-state index is 12.1. The molecule has 2 N–H and O–H groups in total. The van der Waals surface area contributed by atoms with E-state index in [2.05, 4.69) is 42.0 Å². The van der Waals surface area contributed by atoms with Gasteiger partial charge in [-0.3, -0.25) is 9.59 Å². The molecule has 124 valence electrons. The van der Waals surface area contributed by atoms with E-state index in [9.17, 15) is 9.59 Å². The first-order chi connectivity index (χ1) is 11.6. The molecular weight excluding hydrogens is 302 g/mol. The number of benzene rings is 2. The summed E-state index contributed by atoms with van der Waals surface area (Å²) in [6, 6.07) is 12.3. The Kier molecular flexibility index (Phi) is 4.76. The number of ketones is 1. The van der Waals surface area contributed by atoms with Crippen molar-refractivity contribution in [3.05, 3.63) is 58.7 Å². The highest BCUT2D eigenvalue weighted by atomic mass is 16.5. The Morgan fingerprint density at radius 2 is 1.92 bits per heavy atom. The number of carbonyl (C=O) groups is 2. The van der Waals surface area contributed by atoms with Crippen molar-refractivity contribution >= 4 is 12.3 Å². The molecule has 0 unspecified atom stereocenters. The van der Waals surface area contributed by atoms with Crippen molar-refractivity contribution in [1.29, 1.82) is 0 Å². The standard InChI is InChI=1S/C20H21NO3/c1-13-2-4-19-15(6-13)9-16-7-14(3-5-20(16)19)8-18(23)10-17(21)11-24-12-22/h2-7,12,17H,8-11,21H2,1H3/t17-/m0/s1.